The summed E-state index contributed by atoms with van der Waals surface area (Å²) in [6, 6.07) is 3.36. The molecule has 1 aromatic carbocycles. The lowest BCUT2D eigenvalue weighted by Crippen LogP contribution is -2.11. The van der Waals surface area contributed by atoms with Gasteiger partial charge in [0.25, 0.3) is 0 Å². The number of aryl methyl sites for hydroxylation is 1. The maximum absolute atomic E-state index is 11.5. The van der Waals surface area contributed by atoms with E-state index in [1.54, 1.807) is 19.1 Å². The van der Waals surface area contributed by atoms with E-state index in [-0.39, 0.29) is 0 Å². The van der Waals surface area contributed by atoms with E-state index in [1.165, 1.54) is 14.2 Å². The highest BCUT2D eigenvalue weighted by molar-refractivity contribution is 6.03. The minimum Gasteiger partial charge on any atom is -0.497 e. The van der Waals surface area contributed by atoms with Gasteiger partial charge >= 0.3 is 5.97 Å². The first kappa shape index (κ1) is 14.6. The number of rotatable bonds is 5. The number of ether oxygens (including phenoxy) is 2. The van der Waals surface area contributed by atoms with E-state index in [0.717, 1.165) is 17.7 Å². The number of amides is 1. The number of benzene rings is 1. The van der Waals surface area contributed by atoms with Crippen molar-refractivity contribution in [1.29, 1.82) is 0 Å². The van der Waals surface area contributed by atoms with Crippen molar-refractivity contribution in [1.82, 2.24) is 0 Å². The number of carboxylic acid groups (broad SMARTS) is 1. The first-order chi connectivity index (χ1) is 8.97. The van der Waals surface area contributed by atoms with Gasteiger partial charge in [0.1, 0.15) is 11.5 Å². The molecule has 0 unspecified atom stereocenters. The lowest BCUT2D eigenvalue weighted by Gasteiger charge is -2.13. The van der Waals surface area contributed by atoms with E-state index in [2.05, 4.69) is 5.32 Å². The Hall–Kier alpha value is -2.50. The summed E-state index contributed by atoms with van der Waals surface area (Å²) in [5.74, 6) is -0.690. The third-order valence-electron chi connectivity index (χ3n) is 2.35. The average molecular weight is 265 g/mol. The van der Waals surface area contributed by atoms with Gasteiger partial charge in [-0.1, -0.05) is 0 Å². The zero-order valence-electron chi connectivity index (χ0n) is 10.9. The zero-order valence-corrected chi connectivity index (χ0v) is 10.9. The number of hydrogen-bond acceptors (Lipinski definition) is 4. The minimum absolute atomic E-state index is 0.439. The fourth-order valence-electron chi connectivity index (χ4n) is 1.47. The molecular formula is C13H15NO5. The van der Waals surface area contributed by atoms with E-state index in [4.69, 9.17) is 14.6 Å². The Morgan fingerprint density at radius 1 is 1.21 bits per heavy atom. The van der Waals surface area contributed by atoms with E-state index in [9.17, 15) is 9.59 Å². The van der Waals surface area contributed by atoms with Crippen molar-refractivity contribution in [3.8, 4) is 11.5 Å². The van der Waals surface area contributed by atoms with Crippen LogP contribution in [0.4, 0.5) is 5.69 Å². The summed E-state index contributed by atoms with van der Waals surface area (Å²) in [6.07, 6.45) is 1.70. The van der Waals surface area contributed by atoms with Gasteiger partial charge in [0.05, 0.1) is 19.9 Å². The van der Waals surface area contributed by atoms with Crippen LogP contribution in [0, 0.1) is 6.92 Å². The van der Waals surface area contributed by atoms with Gasteiger partial charge < -0.3 is 19.9 Å². The van der Waals surface area contributed by atoms with Crippen molar-refractivity contribution in [3.63, 3.8) is 0 Å². The van der Waals surface area contributed by atoms with Crippen LogP contribution < -0.4 is 14.8 Å². The summed E-state index contributed by atoms with van der Waals surface area (Å²) in [5, 5.41) is 11.0. The molecule has 1 rings (SSSR count). The second-order valence-corrected chi connectivity index (χ2v) is 3.68. The molecule has 0 bridgehead atoms. The van der Waals surface area contributed by atoms with Crippen molar-refractivity contribution in [2.45, 2.75) is 6.92 Å². The standard InChI is InChI=1S/C13H15NO5/c1-8-6-9(18-2)7-10(19-3)13(8)14-11(15)4-5-12(16)17/h4-7H,1-3H3,(H,14,15)(H,16,17)/b5-4+. The molecule has 0 radical (unpaired) electrons. The second-order valence-electron chi connectivity index (χ2n) is 3.68. The van der Waals surface area contributed by atoms with Gasteiger partial charge in [-0.05, 0) is 18.6 Å². The van der Waals surface area contributed by atoms with Crippen LogP contribution in [-0.4, -0.2) is 31.2 Å². The van der Waals surface area contributed by atoms with Crippen molar-refractivity contribution in [2.24, 2.45) is 0 Å². The summed E-state index contributed by atoms with van der Waals surface area (Å²) < 4.78 is 10.3. The fraction of sp³-hybridized carbons (Fsp3) is 0.231. The topological polar surface area (TPSA) is 84.9 Å². The Balaban J connectivity index is 3.00. The van der Waals surface area contributed by atoms with Crippen molar-refractivity contribution < 1.29 is 24.2 Å². The molecule has 6 heteroatoms. The molecule has 6 nitrogen and oxygen atoms in total. The molecular weight excluding hydrogens is 250 g/mol. The molecule has 0 saturated heterocycles. The number of anilines is 1. The van der Waals surface area contributed by atoms with Gasteiger partial charge in [-0.25, -0.2) is 4.79 Å². The van der Waals surface area contributed by atoms with Gasteiger partial charge in [-0.3, -0.25) is 4.79 Å². The van der Waals surface area contributed by atoms with E-state index >= 15 is 0 Å². The van der Waals surface area contributed by atoms with Gasteiger partial charge in [0.2, 0.25) is 5.91 Å². The van der Waals surface area contributed by atoms with Crippen LogP contribution in [0.25, 0.3) is 0 Å². The lowest BCUT2D eigenvalue weighted by molar-refractivity contribution is -0.131. The predicted octanol–water partition coefficient (Wildman–Crippen LogP) is 1.59. The highest BCUT2D eigenvalue weighted by atomic mass is 16.5. The molecule has 0 heterocycles. The van der Waals surface area contributed by atoms with Crippen molar-refractivity contribution >= 4 is 17.6 Å². The Labute approximate surface area is 110 Å². The first-order valence-electron chi connectivity index (χ1n) is 5.42. The number of methoxy groups -OCH3 is 2. The molecule has 1 aromatic rings. The van der Waals surface area contributed by atoms with Gasteiger partial charge in [-0.15, -0.1) is 0 Å². The average Bonchev–Trinajstić information content (AvgIpc) is 2.38. The van der Waals surface area contributed by atoms with Crippen LogP contribution in [0.15, 0.2) is 24.3 Å². The maximum atomic E-state index is 11.5. The lowest BCUT2D eigenvalue weighted by atomic mass is 10.1. The zero-order chi connectivity index (χ0) is 14.4. The van der Waals surface area contributed by atoms with Gasteiger partial charge in [-0.2, -0.15) is 0 Å². The van der Waals surface area contributed by atoms with Crippen LogP contribution in [0.2, 0.25) is 0 Å². The predicted molar refractivity (Wildman–Crippen MR) is 69.7 cm³/mol. The highest BCUT2D eigenvalue weighted by Gasteiger charge is 2.11. The van der Waals surface area contributed by atoms with Gasteiger partial charge in [0.15, 0.2) is 0 Å². The molecule has 19 heavy (non-hydrogen) atoms. The fourth-order valence-corrected chi connectivity index (χ4v) is 1.47. The molecule has 0 saturated carbocycles. The van der Waals surface area contributed by atoms with Crippen LogP contribution in [-0.2, 0) is 9.59 Å². The summed E-state index contributed by atoms with van der Waals surface area (Å²) in [6.45, 7) is 1.78. The Kier molecular flexibility index (Phi) is 4.93. The molecule has 0 aliphatic rings. The summed E-state index contributed by atoms with van der Waals surface area (Å²) >= 11 is 0. The maximum Gasteiger partial charge on any atom is 0.328 e. The van der Waals surface area contributed by atoms with E-state index in [1.807, 2.05) is 0 Å². The smallest absolute Gasteiger partial charge is 0.328 e. The van der Waals surface area contributed by atoms with Crippen molar-refractivity contribution in [2.75, 3.05) is 19.5 Å². The summed E-state index contributed by atoms with van der Waals surface area (Å²) in [7, 11) is 3.00. The van der Waals surface area contributed by atoms with Crippen LogP contribution in [0.5, 0.6) is 11.5 Å². The largest absolute Gasteiger partial charge is 0.497 e. The number of carboxylic acids is 1. The van der Waals surface area contributed by atoms with Gasteiger partial charge in [0, 0.05) is 18.2 Å². The number of hydrogen-bond donors (Lipinski definition) is 2. The van der Waals surface area contributed by atoms with E-state index < -0.39 is 11.9 Å². The van der Waals surface area contributed by atoms with E-state index in [0.29, 0.717) is 17.2 Å². The van der Waals surface area contributed by atoms with Crippen molar-refractivity contribution in [3.05, 3.63) is 29.8 Å². The summed E-state index contributed by atoms with van der Waals surface area (Å²) in [5.41, 5.74) is 1.22. The molecule has 2 N–H and O–H groups in total. The number of carbonyl (C=O) groups excluding carboxylic acids is 1. The quantitative estimate of drug-likeness (QED) is 0.790. The minimum atomic E-state index is -1.19. The van der Waals surface area contributed by atoms with Crippen LogP contribution in [0.3, 0.4) is 0 Å². The summed E-state index contributed by atoms with van der Waals surface area (Å²) in [4.78, 5) is 21.9. The molecule has 0 spiro atoms. The Bertz CT molecular complexity index is 522. The molecule has 0 fully saturated rings. The number of aliphatic carboxylic acids is 1. The Morgan fingerprint density at radius 2 is 1.89 bits per heavy atom. The molecule has 0 atom stereocenters. The second kappa shape index (κ2) is 6.44. The van der Waals surface area contributed by atoms with Crippen LogP contribution in [0.1, 0.15) is 5.56 Å². The molecule has 0 aliphatic carbocycles. The van der Waals surface area contributed by atoms with Crippen LogP contribution >= 0.6 is 0 Å². The third-order valence-corrected chi connectivity index (χ3v) is 2.35. The molecule has 0 aliphatic heterocycles. The first-order valence-corrected chi connectivity index (χ1v) is 5.42. The molecule has 0 aromatic heterocycles. The molecule has 102 valence electrons. The number of carbonyl (C=O) groups is 2. The number of nitrogens with one attached hydrogen (secondary N) is 1. The normalized spacial score (nSPS) is 10.3. The Morgan fingerprint density at radius 3 is 2.42 bits per heavy atom. The molecule has 1 amide bonds. The monoisotopic (exact) mass is 265 g/mol. The highest BCUT2D eigenvalue weighted by Crippen LogP contribution is 2.32. The third kappa shape index (κ3) is 4.02. The SMILES string of the molecule is COc1cc(C)c(NC(=O)/C=C/C(=O)O)c(OC)c1.